The van der Waals surface area contributed by atoms with E-state index >= 15 is 0 Å². The fourth-order valence-electron chi connectivity index (χ4n) is 16.1. The van der Waals surface area contributed by atoms with Crippen molar-refractivity contribution < 1.29 is 158 Å². The summed E-state index contributed by atoms with van der Waals surface area (Å²) in [5.41, 5.74) is 0. The molecule has 6 aliphatic rings. The summed E-state index contributed by atoms with van der Waals surface area (Å²) < 4.78 is 72.4. The third kappa shape index (κ3) is 32.8. The van der Waals surface area contributed by atoms with E-state index in [1.165, 1.54) is 155 Å². The molecule has 0 spiro atoms. The number of hydrogen-bond donors (Lipinski definition) is 20. The summed E-state index contributed by atoms with van der Waals surface area (Å²) in [5, 5.41) is 199. The maximum absolute atomic E-state index is 13.6. The molecule has 0 aliphatic carbocycles. The van der Waals surface area contributed by atoms with Gasteiger partial charge in [0.1, 0.15) is 140 Å². The lowest BCUT2D eigenvalue weighted by Gasteiger charge is -2.51. The van der Waals surface area contributed by atoms with Crippen LogP contribution in [0.3, 0.4) is 0 Å². The third-order valence-corrected chi connectivity index (χ3v) is 23.2. The molecule has 117 heavy (non-hydrogen) atoms. The quantitative estimate of drug-likeness (QED) is 0.0298. The van der Waals surface area contributed by atoms with Gasteiger partial charge in [-0.2, -0.15) is 0 Å². The zero-order valence-electron chi connectivity index (χ0n) is 69.6. The van der Waals surface area contributed by atoms with E-state index in [0.717, 1.165) is 65.2 Å². The van der Waals surface area contributed by atoms with Crippen LogP contribution in [0.4, 0.5) is 0 Å². The van der Waals surface area contributed by atoms with E-state index < -0.39 is 248 Å². The number of nitrogens with one attached hydrogen (secondary N) is 3. The smallest absolute Gasteiger partial charge is 0.220 e. The normalized spacial score (nSPS) is 36.1. The number of aliphatic hydroxyl groups excluding tert-OH is 17. The second kappa shape index (κ2) is 56.1. The van der Waals surface area contributed by atoms with Crippen LogP contribution in [0.5, 0.6) is 0 Å². The van der Waals surface area contributed by atoms with Crippen LogP contribution in [0.25, 0.3) is 0 Å². The summed E-state index contributed by atoms with van der Waals surface area (Å²) in [6, 6.07) is -4.63. The first-order chi connectivity index (χ1) is 56.3. The molecule has 32 atom stereocenters. The molecule has 0 aromatic carbocycles. The number of allylic oxidation sites excluding steroid dienone is 1. The number of carbonyl (C=O) groups is 3. The molecule has 684 valence electrons. The average molecular weight is 1690 g/mol. The highest BCUT2D eigenvalue weighted by Gasteiger charge is 2.59. The van der Waals surface area contributed by atoms with Crippen LogP contribution in [-0.4, -0.2) is 340 Å². The molecule has 35 nitrogen and oxygen atoms in total. The van der Waals surface area contributed by atoms with Crippen molar-refractivity contribution in [3.05, 3.63) is 12.2 Å². The zero-order valence-corrected chi connectivity index (χ0v) is 69.6. The number of hydrogen-bond acceptors (Lipinski definition) is 32. The summed E-state index contributed by atoms with van der Waals surface area (Å²) in [5.74, 6) is -2.01. The third-order valence-electron chi connectivity index (χ3n) is 23.2. The summed E-state index contributed by atoms with van der Waals surface area (Å²) in [4.78, 5) is 39.2. The summed E-state index contributed by atoms with van der Waals surface area (Å²) in [6.07, 6.45) is -12.0. The molecular weight excluding hydrogens is 1540 g/mol. The Morgan fingerprint density at radius 3 is 1.19 bits per heavy atom. The molecule has 0 aromatic heterocycles. The molecule has 35 heteroatoms. The minimum atomic E-state index is -2.22. The fraction of sp³-hybridized carbons (Fsp3) is 0.939. The van der Waals surface area contributed by atoms with Gasteiger partial charge in [-0.15, -0.1) is 0 Å². The molecule has 6 heterocycles. The van der Waals surface area contributed by atoms with Crippen LogP contribution in [0, 0.1) is 0 Å². The van der Waals surface area contributed by atoms with Crippen LogP contribution in [-0.2, 0) is 71.2 Å². The minimum Gasteiger partial charge on any atom is -0.394 e. The van der Waals surface area contributed by atoms with Gasteiger partial charge in [0.2, 0.25) is 17.7 Å². The molecule has 3 amide bonds. The number of ether oxygens (including phenoxy) is 12. The summed E-state index contributed by atoms with van der Waals surface area (Å²) in [7, 11) is 0. The Morgan fingerprint density at radius 1 is 0.350 bits per heavy atom. The Bertz CT molecular complexity index is 2690. The Labute approximate surface area is 690 Å². The standard InChI is InChI=1S/C82H149N3O32/c1-6-8-10-12-14-16-18-20-21-22-23-24-25-26-27-29-31-33-35-37-39-41-58(94)85-51(52(93)40-38-36-34-32-30-28-19-17-15-13-11-9-7-2)47-106-79-70(104)68(102)73(57(46-90)112-79)113-81-71(105)74(63(97)54(43-87)109-81)115-78-60(84-50(5)92)66(100)72(56(45-89)111-78)114-82-76(117-80-69(103)67(101)61(95)48(3)107-80)75(64(98)55(44-88)110-82)116-77-59(83-49(4)91)65(99)62(96)53(42-86)108-77/h38,40,48,51-57,59-82,86-90,93,95-105H,6-37,39,41-47H2,1-5H3,(H,83,91)(H,84,92)(H,85,94)/b40-38+/t48?,51-,52+,53?,54?,55?,56?,57?,59?,60?,61+,62-,63-,64-,65+,66+,67?,68+,69-,70?,71?,72+,73+,74-,75-,76?,77+,78-,79+,80+,81-,82-/m0/s1. The van der Waals surface area contributed by atoms with Crippen molar-refractivity contribution in [3.8, 4) is 0 Å². The number of unbranched alkanes of at least 4 members (excludes halogenated alkanes) is 31. The first kappa shape index (κ1) is 103. The fourth-order valence-corrected chi connectivity index (χ4v) is 16.1. The van der Waals surface area contributed by atoms with Gasteiger partial charge in [0.15, 0.2) is 37.7 Å². The number of rotatable bonds is 57. The Kier molecular flexibility index (Phi) is 49.2. The second-order valence-electron chi connectivity index (χ2n) is 32.8. The molecule has 12 unspecified atom stereocenters. The van der Waals surface area contributed by atoms with Crippen molar-refractivity contribution >= 4 is 17.7 Å². The van der Waals surface area contributed by atoms with Crippen molar-refractivity contribution in [2.24, 2.45) is 0 Å². The van der Waals surface area contributed by atoms with E-state index in [1.54, 1.807) is 6.08 Å². The highest BCUT2D eigenvalue weighted by Crippen LogP contribution is 2.39. The topological polar surface area (TPSA) is 542 Å². The molecule has 20 N–H and O–H groups in total. The van der Waals surface area contributed by atoms with Crippen LogP contribution >= 0.6 is 0 Å². The number of carbonyl (C=O) groups excluding carboxylic acids is 3. The zero-order chi connectivity index (χ0) is 85.5. The maximum atomic E-state index is 13.6. The van der Waals surface area contributed by atoms with E-state index in [4.69, 9.17) is 56.8 Å². The number of amides is 3. The molecule has 0 aromatic rings. The predicted molar refractivity (Wildman–Crippen MR) is 420 cm³/mol. The maximum Gasteiger partial charge on any atom is 0.220 e. The van der Waals surface area contributed by atoms with Gasteiger partial charge in [-0.3, -0.25) is 14.4 Å². The molecule has 6 aliphatic heterocycles. The molecule has 0 bridgehead atoms. The minimum absolute atomic E-state index is 0.175. The van der Waals surface area contributed by atoms with E-state index in [1.807, 2.05) is 6.08 Å². The van der Waals surface area contributed by atoms with Gasteiger partial charge >= 0.3 is 0 Å². The molecule has 6 rings (SSSR count). The number of aliphatic hydroxyl groups is 17. The molecular formula is C82H149N3O32. The summed E-state index contributed by atoms with van der Waals surface area (Å²) in [6.45, 7) is 2.31. The van der Waals surface area contributed by atoms with Gasteiger partial charge in [0, 0.05) is 20.3 Å². The molecule has 0 radical (unpaired) electrons. The van der Waals surface area contributed by atoms with E-state index in [0.29, 0.717) is 12.8 Å². The lowest BCUT2D eigenvalue weighted by atomic mass is 9.93. The van der Waals surface area contributed by atoms with Crippen LogP contribution in [0.2, 0.25) is 0 Å². The van der Waals surface area contributed by atoms with Crippen molar-refractivity contribution in [2.45, 2.75) is 449 Å². The first-order valence-electron chi connectivity index (χ1n) is 43.8. The molecule has 0 saturated carbocycles. The van der Waals surface area contributed by atoms with Gasteiger partial charge in [-0.05, 0) is 26.2 Å². The Morgan fingerprint density at radius 2 is 0.709 bits per heavy atom. The Hall–Kier alpha value is -3.01. The second-order valence-corrected chi connectivity index (χ2v) is 32.8. The van der Waals surface area contributed by atoms with Gasteiger partial charge in [-0.1, -0.05) is 219 Å². The van der Waals surface area contributed by atoms with Gasteiger partial charge in [0.25, 0.3) is 0 Å². The largest absolute Gasteiger partial charge is 0.394 e. The van der Waals surface area contributed by atoms with Crippen LogP contribution < -0.4 is 16.0 Å². The monoisotopic (exact) mass is 1690 g/mol. The SMILES string of the molecule is CCCCCCCCCCCCC/C=C/[C@@H](O)[C@H](CO[C@@H]1OC(CO)[C@@H](O[C@@H]2OC(CO)[C@H](O)[C@H](O[C@@H]3OC(CO)[C@@H](O[C@@H]4OC(CO)[C@H](O)[C@H](O[C@H]5OC(CO)[C@H](O)[C@H](O)C5NC(C)=O)C4O[C@H]4OC(C)[C@@H](O)C(O)[C@@H]4O)[C@H](O)C3NC(C)=O)C2O)[C@H](O)C1O)NC(=O)CCCCCCCCCCCCCCCCCCCCCCC. The highest BCUT2D eigenvalue weighted by atomic mass is 16.8. The average Bonchev–Trinajstić information content (AvgIpc) is 0.763. The Balaban J connectivity index is 1.10. The lowest BCUT2D eigenvalue weighted by Crippen LogP contribution is -2.71. The first-order valence-corrected chi connectivity index (χ1v) is 43.8. The lowest BCUT2D eigenvalue weighted by molar-refractivity contribution is -0.402. The highest BCUT2D eigenvalue weighted by molar-refractivity contribution is 5.76. The van der Waals surface area contributed by atoms with E-state index in [2.05, 4.69) is 29.8 Å². The van der Waals surface area contributed by atoms with Gasteiger partial charge < -0.3 is 160 Å². The van der Waals surface area contributed by atoms with Crippen molar-refractivity contribution in [2.75, 3.05) is 39.6 Å². The van der Waals surface area contributed by atoms with Crippen LogP contribution in [0.1, 0.15) is 253 Å². The van der Waals surface area contributed by atoms with Crippen molar-refractivity contribution in [1.29, 1.82) is 0 Å². The van der Waals surface area contributed by atoms with Gasteiger partial charge in [0.05, 0.1) is 57.9 Å². The van der Waals surface area contributed by atoms with Crippen LogP contribution in [0.15, 0.2) is 12.2 Å². The van der Waals surface area contributed by atoms with Crippen molar-refractivity contribution in [3.63, 3.8) is 0 Å². The van der Waals surface area contributed by atoms with E-state index in [-0.39, 0.29) is 12.3 Å². The predicted octanol–water partition coefficient (Wildman–Crippen LogP) is 0.944. The van der Waals surface area contributed by atoms with E-state index in [9.17, 15) is 101 Å². The van der Waals surface area contributed by atoms with Gasteiger partial charge in [-0.25, -0.2) is 0 Å². The summed E-state index contributed by atoms with van der Waals surface area (Å²) >= 11 is 0. The van der Waals surface area contributed by atoms with Crippen molar-refractivity contribution in [1.82, 2.24) is 16.0 Å². The molecule has 6 fully saturated rings. The molecule has 6 saturated heterocycles.